The van der Waals surface area contributed by atoms with Crippen LogP contribution in [0.25, 0.3) is 11.0 Å². The van der Waals surface area contributed by atoms with Crippen LogP contribution in [0.4, 0.5) is 10.1 Å². The lowest BCUT2D eigenvalue weighted by molar-refractivity contribution is 0.189. The summed E-state index contributed by atoms with van der Waals surface area (Å²) in [6, 6.07) is 9.96. The molecule has 32 heavy (non-hydrogen) atoms. The normalized spacial score (nSPS) is 15.1. The standard InChI is InChI=1S/C23H25ClFN3O3S/c1-29-20-6-4-17(14-19(20)24)26-23(32)30-12-2-9-28-10-7-15(8-11-28)22-18-5-3-16(25)13-21(18)31-27-22/h3-6,13-15H,2,7-12H2,1H3,(H,26,32). The van der Waals surface area contributed by atoms with E-state index >= 15 is 0 Å². The summed E-state index contributed by atoms with van der Waals surface area (Å²) in [5.41, 5.74) is 2.21. The van der Waals surface area contributed by atoms with Crippen LogP contribution < -0.4 is 10.1 Å². The highest BCUT2D eigenvalue weighted by Crippen LogP contribution is 2.32. The summed E-state index contributed by atoms with van der Waals surface area (Å²) in [6.07, 6.45) is 2.87. The number of thiocarbonyl (C=S) groups is 1. The zero-order valence-corrected chi connectivity index (χ0v) is 19.3. The summed E-state index contributed by atoms with van der Waals surface area (Å²) in [7, 11) is 1.57. The molecule has 0 saturated carbocycles. The Bertz CT molecular complexity index is 1090. The van der Waals surface area contributed by atoms with Crippen molar-refractivity contribution in [3.8, 4) is 5.75 Å². The maximum atomic E-state index is 13.4. The molecule has 0 aliphatic carbocycles. The second-order valence-electron chi connectivity index (χ2n) is 7.79. The Morgan fingerprint density at radius 1 is 1.28 bits per heavy atom. The van der Waals surface area contributed by atoms with E-state index in [1.165, 1.54) is 12.1 Å². The topological polar surface area (TPSA) is 59.8 Å². The molecule has 1 N–H and O–H groups in total. The summed E-state index contributed by atoms with van der Waals surface area (Å²) < 4.78 is 29.5. The molecule has 1 aromatic heterocycles. The molecule has 0 radical (unpaired) electrons. The third-order valence-corrected chi connectivity index (χ3v) is 6.20. The van der Waals surface area contributed by atoms with E-state index in [4.69, 9.17) is 37.8 Å². The fraction of sp³-hybridized carbons (Fsp3) is 0.391. The van der Waals surface area contributed by atoms with Gasteiger partial charge >= 0.3 is 0 Å². The average Bonchev–Trinajstić information content (AvgIpc) is 3.20. The van der Waals surface area contributed by atoms with E-state index in [0.717, 1.165) is 55.7 Å². The molecule has 0 spiro atoms. The third kappa shape index (κ3) is 5.49. The van der Waals surface area contributed by atoms with Crippen molar-refractivity contribution in [3.63, 3.8) is 0 Å². The number of piperidine rings is 1. The number of rotatable bonds is 7. The lowest BCUT2D eigenvalue weighted by Gasteiger charge is -2.31. The summed E-state index contributed by atoms with van der Waals surface area (Å²) in [5, 5.41) is 8.98. The van der Waals surface area contributed by atoms with Crippen LogP contribution in [0.5, 0.6) is 5.75 Å². The van der Waals surface area contributed by atoms with Crippen molar-refractivity contribution in [1.82, 2.24) is 10.1 Å². The first-order chi connectivity index (χ1) is 15.5. The molecule has 0 unspecified atom stereocenters. The van der Waals surface area contributed by atoms with Crippen molar-refractivity contribution >= 4 is 45.7 Å². The predicted molar refractivity (Wildman–Crippen MR) is 127 cm³/mol. The Labute approximate surface area is 196 Å². The number of halogens is 2. The Morgan fingerprint density at radius 3 is 2.84 bits per heavy atom. The number of aromatic nitrogens is 1. The second kappa shape index (κ2) is 10.5. The van der Waals surface area contributed by atoms with Gasteiger partial charge < -0.3 is 24.2 Å². The van der Waals surface area contributed by atoms with Gasteiger partial charge in [-0.1, -0.05) is 16.8 Å². The van der Waals surface area contributed by atoms with Gasteiger partial charge in [-0.15, -0.1) is 0 Å². The fourth-order valence-corrected chi connectivity index (χ4v) is 4.47. The molecule has 4 rings (SSSR count). The van der Waals surface area contributed by atoms with Gasteiger partial charge in [0.15, 0.2) is 5.58 Å². The molecule has 1 fully saturated rings. The average molecular weight is 478 g/mol. The van der Waals surface area contributed by atoms with E-state index in [2.05, 4.69) is 15.4 Å². The van der Waals surface area contributed by atoms with E-state index in [9.17, 15) is 4.39 Å². The third-order valence-electron chi connectivity index (χ3n) is 5.69. The number of nitrogens with zero attached hydrogens (tertiary/aromatic N) is 2. The molecular weight excluding hydrogens is 453 g/mol. The van der Waals surface area contributed by atoms with E-state index in [0.29, 0.717) is 34.1 Å². The minimum absolute atomic E-state index is 0.306. The van der Waals surface area contributed by atoms with Crippen molar-refractivity contribution in [2.75, 3.05) is 38.7 Å². The van der Waals surface area contributed by atoms with E-state index in [1.807, 2.05) is 6.07 Å². The molecule has 2 heterocycles. The van der Waals surface area contributed by atoms with Gasteiger partial charge in [-0.3, -0.25) is 0 Å². The monoisotopic (exact) mass is 477 g/mol. The fourth-order valence-electron chi connectivity index (χ4n) is 4.01. The molecule has 0 amide bonds. The largest absolute Gasteiger partial charge is 0.495 e. The van der Waals surface area contributed by atoms with Crippen molar-refractivity contribution in [2.45, 2.75) is 25.2 Å². The van der Waals surface area contributed by atoms with Gasteiger partial charge in [-0.2, -0.15) is 0 Å². The van der Waals surface area contributed by atoms with Gasteiger partial charge in [-0.25, -0.2) is 4.39 Å². The Balaban J connectivity index is 1.17. The van der Waals surface area contributed by atoms with Gasteiger partial charge in [0, 0.05) is 29.6 Å². The van der Waals surface area contributed by atoms with Crippen LogP contribution in [-0.4, -0.2) is 48.6 Å². The molecule has 2 aromatic carbocycles. The first-order valence-electron chi connectivity index (χ1n) is 10.6. The number of hydrogen-bond donors (Lipinski definition) is 1. The highest BCUT2D eigenvalue weighted by Gasteiger charge is 2.25. The summed E-state index contributed by atoms with van der Waals surface area (Å²) in [4.78, 5) is 2.42. The van der Waals surface area contributed by atoms with Gasteiger partial charge in [-0.05, 0) is 74.9 Å². The highest BCUT2D eigenvalue weighted by atomic mass is 35.5. The molecule has 6 nitrogen and oxygen atoms in total. The zero-order valence-electron chi connectivity index (χ0n) is 17.8. The highest BCUT2D eigenvalue weighted by molar-refractivity contribution is 7.80. The van der Waals surface area contributed by atoms with Crippen molar-refractivity contribution in [1.29, 1.82) is 0 Å². The minimum Gasteiger partial charge on any atom is -0.495 e. The molecule has 1 aliphatic rings. The van der Waals surface area contributed by atoms with Crippen LogP contribution >= 0.6 is 23.8 Å². The van der Waals surface area contributed by atoms with Gasteiger partial charge in [0.05, 0.1) is 24.4 Å². The molecule has 9 heteroatoms. The van der Waals surface area contributed by atoms with E-state index in [-0.39, 0.29) is 5.82 Å². The maximum absolute atomic E-state index is 13.4. The quantitative estimate of drug-likeness (QED) is 0.350. The minimum atomic E-state index is -0.306. The molecular formula is C23H25ClFN3O3S. The lowest BCUT2D eigenvalue weighted by Crippen LogP contribution is -2.34. The Kier molecular flexibility index (Phi) is 7.44. The number of benzene rings is 2. The Hall–Kier alpha value is -2.42. The van der Waals surface area contributed by atoms with Gasteiger partial charge in [0.1, 0.15) is 11.6 Å². The number of ether oxygens (including phenoxy) is 2. The number of methoxy groups -OCH3 is 1. The van der Waals surface area contributed by atoms with Crippen molar-refractivity contribution in [3.05, 3.63) is 52.9 Å². The van der Waals surface area contributed by atoms with Crippen molar-refractivity contribution in [2.24, 2.45) is 0 Å². The smallest absolute Gasteiger partial charge is 0.261 e. The molecule has 1 aliphatic heterocycles. The predicted octanol–water partition coefficient (Wildman–Crippen LogP) is 5.61. The lowest BCUT2D eigenvalue weighted by atomic mass is 9.91. The van der Waals surface area contributed by atoms with E-state index in [1.54, 1.807) is 25.3 Å². The maximum Gasteiger partial charge on any atom is 0.261 e. The first-order valence-corrected chi connectivity index (χ1v) is 11.4. The number of hydrogen-bond acceptors (Lipinski definition) is 6. The molecule has 0 bridgehead atoms. The van der Waals surface area contributed by atoms with Crippen LogP contribution in [-0.2, 0) is 4.74 Å². The zero-order chi connectivity index (χ0) is 22.5. The number of fused-ring (bicyclic) bond motifs is 1. The second-order valence-corrected chi connectivity index (χ2v) is 8.57. The summed E-state index contributed by atoms with van der Waals surface area (Å²) >= 11 is 11.4. The van der Waals surface area contributed by atoms with Crippen LogP contribution in [0.2, 0.25) is 5.02 Å². The van der Waals surface area contributed by atoms with Crippen LogP contribution in [0.15, 0.2) is 40.9 Å². The number of anilines is 1. The summed E-state index contributed by atoms with van der Waals surface area (Å²) in [5.74, 6) is 0.639. The number of nitrogens with one attached hydrogen (secondary N) is 1. The van der Waals surface area contributed by atoms with Crippen LogP contribution in [0.1, 0.15) is 30.9 Å². The van der Waals surface area contributed by atoms with Gasteiger partial charge in [0.2, 0.25) is 0 Å². The Morgan fingerprint density at radius 2 is 2.09 bits per heavy atom. The van der Waals surface area contributed by atoms with Gasteiger partial charge in [0.25, 0.3) is 5.17 Å². The van der Waals surface area contributed by atoms with E-state index < -0.39 is 0 Å². The molecule has 170 valence electrons. The SMILES string of the molecule is COc1ccc(NC(=S)OCCCN2CCC(c3noc4cc(F)ccc34)CC2)cc1Cl. The first kappa shape index (κ1) is 22.8. The molecule has 0 atom stereocenters. The van der Waals surface area contributed by atoms with Crippen LogP contribution in [0, 0.1) is 5.82 Å². The molecule has 3 aromatic rings. The number of likely N-dealkylation sites (tertiary alicyclic amines) is 1. The molecule has 1 saturated heterocycles. The van der Waals surface area contributed by atoms with Crippen molar-refractivity contribution < 1.29 is 18.4 Å². The summed E-state index contributed by atoms with van der Waals surface area (Å²) in [6.45, 7) is 3.43. The van der Waals surface area contributed by atoms with Crippen LogP contribution in [0.3, 0.4) is 0 Å².